The van der Waals surface area contributed by atoms with Gasteiger partial charge in [-0.05, 0) is 102 Å². The number of rotatable bonds is 22. The molecule has 16 N–H and O–H groups in total. The second-order valence-corrected chi connectivity index (χ2v) is 27.5. The van der Waals surface area contributed by atoms with Crippen LogP contribution in [0.1, 0.15) is 137 Å². The van der Waals surface area contributed by atoms with E-state index in [4.69, 9.17) is 10.5 Å². The number of amides is 13. The average molecular weight is 1470 g/mol. The Morgan fingerprint density at radius 1 is 0.619 bits per heavy atom. The minimum absolute atomic E-state index is 0.0252. The van der Waals surface area contributed by atoms with Crippen molar-refractivity contribution in [1.29, 1.82) is 0 Å². The van der Waals surface area contributed by atoms with Crippen molar-refractivity contribution in [2.75, 3.05) is 33.3 Å². The number of nitrogens with two attached hydrogens (primary N) is 1. The van der Waals surface area contributed by atoms with Crippen molar-refractivity contribution in [1.82, 2.24) is 62.6 Å². The molecule has 7 unspecified atom stereocenters. The Bertz CT molecular complexity index is 3450. The lowest BCUT2D eigenvalue weighted by Crippen LogP contribution is -2.61. The van der Waals surface area contributed by atoms with Gasteiger partial charge in [0.15, 0.2) is 6.10 Å². The number of esters is 1. The molecule has 0 spiro atoms. The summed E-state index contributed by atoms with van der Waals surface area (Å²) in [6.45, 7) is 10.1. The highest BCUT2D eigenvalue weighted by molar-refractivity contribution is 6.04. The van der Waals surface area contributed by atoms with E-state index in [0.29, 0.717) is 11.1 Å². The topological polar surface area (TPSA) is 493 Å². The van der Waals surface area contributed by atoms with Gasteiger partial charge < -0.3 is 98.6 Å². The number of hydrogen-bond acceptors (Lipinski definition) is 20. The van der Waals surface area contributed by atoms with Crippen LogP contribution in [0.4, 0.5) is 0 Å². The first-order valence-corrected chi connectivity index (χ1v) is 35.5. The van der Waals surface area contributed by atoms with Crippen LogP contribution in [0.3, 0.4) is 0 Å². The van der Waals surface area contributed by atoms with Crippen LogP contribution in [-0.4, -0.2) is 241 Å². The van der Waals surface area contributed by atoms with Crippen molar-refractivity contribution in [3.05, 3.63) is 95.3 Å². The molecule has 3 heterocycles. The van der Waals surface area contributed by atoms with Gasteiger partial charge in [0, 0.05) is 52.7 Å². The molecule has 0 aromatic heterocycles. The summed E-state index contributed by atoms with van der Waals surface area (Å²) >= 11 is 0. The third-order valence-electron chi connectivity index (χ3n) is 18.3. The third kappa shape index (κ3) is 26.1. The maximum atomic E-state index is 15.2. The molecule has 2 aromatic carbocycles. The number of nitrogens with zero attached hydrogens (tertiary/aromatic N) is 3. The molecule has 0 radical (unpaired) electrons. The number of aliphatic hydroxyl groups excluding tert-OH is 5. The summed E-state index contributed by atoms with van der Waals surface area (Å²) in [5.74, 6) is -14.5. The molecule has 14 atom stereocenters. The Hall–Kier alpha value is -9.70. The van der Waals surface area contributed by atoms with Crippen molar-refractivity contribution in [3.8, 4) is 0 Å². The normalized spacial score (nSPS) is 25.1. The number of fused-ring (bicyclic) bond motifs is 2. The minimum Gasteiger partial charge on any atom is -0.461 e. The number of ether oxygens (including phenoxy) is 1. The maximum absolute atomic E-state index is 15.2. The van der Waals surface area contributed by atoms with E-state index in [9.17, 15) is 83.1 Å². The molecule has 578 valence electrons. The predicted octanol–water partition coefficient (Wildman–Crippen LogP) is -2.73. The molecule has 3 aliphatic rings. The molecule has 2 aromatic rings. The monoisotopic (exact) mass is 1470 g/mol. The molecule has 3 aliphatic heterocycles. The molecular formula is C72H105N13O20. The summed E-state index contributed by atoms with van der Waals surface area (Å²) in [4.78, 5) is 202. The zero-order valence-electron chi connectivity index (χ0n) is 61.0. The molecule has 33 heteroatoms. The van der Waals surface area contributed by atoms with E-state index in [1.54, 1.807) is 88.4 Å². The zero-order valence-corrected chi connectivity index (χ0v) is 61.0. The standard InChI is InChI=1S/C72H105N13O20/c1-10-46-63(95)81-52(38-86)66(98)76-47(11-2)64(96)82-60(41(7)87)69(101)78-49(27-26-43-20-14-12-15-21-43)71(103)85-31-19-25-54(85)68(100)79-50(35-45(36-57(90)56(89)33-40(5)6)105-72(104)55(32-39(3)4)83(9)42(8)88)61(93)70(102)77-48(28-29-58(73)91)62(94)74-37-59(92)84-30-18-24-53(84)67(99)80-51(65(97)75-46)34-44-22-16-13-17-23-44/h10-17,20-23,39-41,45,48-57,60-61,86-87,89-90,93H,18-19,24-38H2,1-9H3,(H2,73,91)(H,74,94)(H,75,97)(H,76,98)(H,77,102)(H,78,101)(H,79,100)(H,80,99)(H,81,95)(H,82,96)/b46-10-,47-11+/t41-,45?,48+,49+,50?,51+,52+,53?,54+,55?,56?,57?,60+,61?/m1/s1. The SMILES string of the molecule is C/C=C1\NC(=O)[C@H](Cc2ccccc2)NC(=O)C2CCCN2C(=O)CNC(=O)[C@H](CCC(N)=O)NC(=O)C(O)C(CC(CC(O)C(O)CC(C)C)OC(=O)C(CC(C)C)N(C)C(C)=O)NC(=O)[C@@H]2CCCN2C(=O)[C@H](CCc2ccccc2)NC(=O)[C@H]([C@@H](C)O)NC(=O)/C(=C\C)NC(=O)[C@H](CO)NC1=O. The highest BCUT2D eigenvalue weighted by Crippen LogP contribution is 2.26. The first-order chi connectivity index (χ1) is 49.7. The maximum Gasteiger partial charge on any atom is 0.329 e. The van der Waals surface area contributed by atoms with Gasteiger partial charge >= 0.3 is 5.97 Å². The van der Waals surface area contributed by atoms with Crippen molar-refractivity contribution in [2.45, 2.75) is 224 Å². The van der Waals surface area contributed by atoms with Gasteiger partial charge in [-0.1, -0.05) is 101 Å². The number of carbonyl (C=O) groups excluding carboxylic acids is 14. The van der Waals surface area contributed by atoms with Gasteiger partial charge in [0.2, 0.25) is 59.1 Å². The molecule has 0 saturated carbocycles. The Morgan fingerprint density at radius 2 is 1.14 bits per heavy atom. The number of hydrogen-bond donors (Lipinski definition) is 15. The Balaban J connectivity index is 1.65. The second-order valence-electron chi connectivity index (χ2n) is 27.5. The number of likely N-dealkylation sites (N-methyl/N-ethyl adjacent to an activating group) is 1. The Morgan fingerprint density at radius 3 is 1.70 bits per heavy atom. The van der Waals surface area contributed by atoms with E-state index in [-0.39, 0.29) is 82.7 Å². The zero-order chi connectivity index (χ0) is 77.9. The fourth-order valence-electron chi connectivity index (χ4n) is 12.4. The summed E-state index contributed by atoms with van der Waals surface area (Å²) < 4.78 is 6.07. The largest absolute Gasteiger partial charge is 0.461 e. The van der Waals surface area contributed by atoms with Crippen LogP contribution < -0.4 is 53.6 Å². The summed E-state index contributed by atoms with van der Waals surface area (Å²) in [6, 6.07) is 2.65. The molecule has 0 aliphatic carbocycles. The lowest BCUT2D eigenvalue weighted by molar-refractivity contribution is -0.162. The Labute approximate surface area is 610 Å². The Kier molecular flexibility index (Phi) is 34.1. The van der Waals surface area contributed by atoms with Crippen LogP contribution >= 0.6 is 0 Å². The molecule has 13 amide bonds. The highest BCUT2D eigenvalue weighted by atomic mass is 16.5. The first kappa shape index (κ1) is 85.9. The lowest BCUT2D eigenvalue weighted by Gasteiger charge is -2.34. The molecular weight excluding hydrogens is 1370 g/mol. The third-order valence-corrected chi connectivity index (χ3v) is 18.3. The van der Waals surface area contributed by atoms with Gasteiger partial charge in [-0.3, -0.25) is 62.3 Å². The molecule has 3 fully saturated rings. The van der Waals surface area contributed by atoms with E-state index in [0.717, 1.165) is 33.8 Å². The van der Waals surface area contributed by atoms with E-state index >= 15 is 9.59 Å². The van der Waals surface area contributed by atoms with E-state index in [2.05, 4.69) is 47.9 Å². The fraction of sp³-hybridized carbons (Fsp3) is 0.583. The van der Waals surface area contributed by atoms with Crippen molar-refractivity contribution >= 4 is 82.8 Å². The molecule has 33 nitrogen and oxygen atoms in total. The van der Waals surface area contributed by atoms with Crippen LogP contribution in [0, 0.1) is 11.8 Å². The predicted molar refractivity (Wildman–Crippen MR) is 378 cm³/mol. The number of aliphatic hydroxyl groups is 5. The van der Waals surface area contributed by atoms with E-state index in [1.807, 2.05) is 0 Å². The van der Waals surface area contributed by atoms with Crippen LogP contribution in [0.2, 0.25) is 0 Å². The summed E-state index contributed by atoms with van der Waals surface area (Å²) in [5.41, 5.74) is 5.74. The second kappa shape index (κ2) is 41.7. The number of aryl methyl sites for hydroxylation is 1. The summed E-state index contributed by atoms with van der Waals surface area (Å²) in [5, 5.41) is 78.8. The van der Waals surface area contributed by atoms with Gasteiger partial charge in [0.25, 0.3) is 17.7 Å². The number of primary amides is 1. The fourth-order valence-corrected chi connectivity index (χ4v) is 12.4. The van der Waals surface area contributed by atoms with Crippen LogP contribution in [0.25, 0.3) is 0 Å². The minimum atomic E-state index is -2.48. The van der Waals surface area contributed by atoms with Gasteiger partial charge in [0.05, 0.1) is 37.5 Å². The van der Waals surface area contributed by atoms with Crippen molar-refractivity contribution in [3.63, 3.8) is 0 Å². The molecule has 3 saturated heterocycles. The number of allylic oxidation sites excluding steroid dienone is 2. The van der Waals surface area contributed by atoms with Gasteiger partial charge in [0.1, 0.15) is 65.8 Å². The summed E-state index contributed by atoms with van der Waals surface area (Å²) in [6.07, 6.45) is -8.89. The highest BCUT2D eigenvalue weighted by Gasteiger charge is 2.44. The molecule has 0 bridgehead atoms. The van der Waals surface area contributed by atoms with Crippen LogP contribution in [-0.2, 0) is 84.7 Å². The van der Waals surface area contributed by atoms with Crippen molar-refractivity contribution < 1.29 is 97.4 Å². The number of carbonyl (C=O) groups is 14. The van der Waals surface area contributed by atoms with Crippen molar-refractivity contribution in [2.24, 2.45) is 17.6 Å². The van der Waals surface area contributed by atoms with E-state index < -0.39 is 218 Å². The van der Waals surface area contributed by atoms with E-state index in [1.165, 1.54) is 27.8 Å². The first-order valence-electron chi connectivity index (χ1n) is 35.5. The summed E-state index contributed by atoms with van der Waals surface area (Å²) in [7, 11) is 1.36. The smallest absolute Gasteiger partial charge is 0.329 e. The quantitative estimate of drug-likeness (QED) is 0.0420. The van der Waals surface area contributed by atoms with Gasteiger partial charge in [-0.15, -0.1) is 0 Å². The average Bonchev–Trinajstić information content (AvgIpc) is 1.76. The molecule has 105 heavy (non-hydrogen) atoms. The van der Waals surface area contributed by atoms with Gasteiger partial charge in [-0.2, -0.15) is 0 Å². The van der Waals surface area contributed by atoms with Crippen LogP contribution in [0.15, 0.2) is 84.2 Å². The lowest BCUT2D eigenvalue weighted by atomic mass is 9.93. The van der Waals surface area contributed by atoms with Gasteiger partial charge in [-0.25, -0.2) is 4.79 Å². The number of benzene rings is 2. The number of nitrogens with one attached hydrogen (secondary N) is 9. The molecule has 5 rings (SSSR count). The van der Waals surface area contributed by atoms with Crippen LogP contribution in [0.5, 0.6) is 0 Å².